The first-order valence-electron chi connectivity index (χ1n) is 3.95. The number of nitrogens with two attached hydrogens (primary N) is 1. The molecule has 6 nitrogen and oxygen atoms in total. The maximum absolute atomic E-state index is 10.7. The van der Waals surface area contributed by atoms with Crippen LogP contribution in [0.1, 0.15) is 6.92 Å². The number of esters is 1. The zero-order valence-electron chi connectivity index (χ0n) is 7.54. The van der Waals surface area contributed by atoms with E-state index < -0.39 is 6.09 Å². The van der Waals surface area contributed by atoms with Gasteiger partial charge in [-0.25, -0.2) is 4.79 Å². The Morgan fingerprint density at radius 3 is 2.62 bits per heavy atom. The molecule has 0 aromatic heterocycles. The molecule has 6 heteroatoms. The van der Waals surface area contributed by atoms with E-state index >= 15 is 0 Å². The Labute approximate surface area is 76.4 Å². The summed E-state index contributed by atoms with van der Waals surface area (Å²) in [5.74, 6) is -0.332. The highest BCUT2D eigenvalue weighted by molar-refractivity contribution is 5.71. The summed E-state index contributed by atoms with van der Waals surface area (Å²) in [5, 5.41) is 2.72. The number of amides is 1. The molecule has 0 radical (unpaired) electrons. The maximum Gasteiger partial charge on any atom is 0.404 e. The van der Waals surface area contributed by atoms with Gasteiger partial charge in [-0.1, -0.05) is 0 Å². The van der Waals surface area contributed by atoms with Crippen molar-refractivity contribution < 1.29 is 19.1 Å². The molecule has 0 fully saturated rings. The smallest absolute Gasteiger partial charge is 0.404 e. The lowest BCUT2D eigenvalue weighted by Gasteiger charge is -2.03. The fourth-order valence-electron chi connectivity index (χ4n) is 0.626. The standard InChI is InChI=1S/C7H14N2O4/c1-2-12-6(10)5-9-3-4-13-7(8)11/h9H,2-5H2,1H3,(H2,8,11). The van der Waals surface area contributed by atoms with Crippen molar-refractivity contribution >= 4 is 12.1 Å². The van der Waals surface area contributed by atoms with E-state index in [1.54, 1.807) is 6.92 Å². The summed E-state index contributed by atoms with van der Waals surface area (Å²) in [7, 11) is 0. The van der Waals surface area contributed by atoms with Gasteiger partial charge in [-0.2, -0.15) is 0 Å². The normalized spacial score (nSPS) is 9.31. The first-order valence-corrected chi connectivity index (χ1v) is 3.95. The Balaban J connectivity index is 3.16. The molecular formula is C7H14N2O4. The second kappa shape index (κ2) is 7.35. The third-order valence-corrected chi connectivity index (χ3v) is 1.10. The molecule has 0 saturated carbocycles. The molecule has 3 N–H and O–H groups in total. The minimum Gasteiger partial charge on any atom is -0.465 e. The summed E-state index contributed by atoms with van der Waals surface area (Å²) in [4.78, 5) is 20.8. The first-order chi connectivity index (χ1) is 6.16. The lowest BCUT2D eigenvalue weighted by Crippen LogP contribution is -2.29. The fourth-order valence-corrected chi connectivity index (χ4v) is 0.626. The largest absolute Gasteiger partial charge is 0.465 e. The molecule has 0 saturated heterocycles. The van der Waals surface area contributed by atoms with Crippen LogP contribution in [0.3, 0.4) is 0 Å². The van der Waals surface area contributed by atoms with E-state index in [2.05, 4.69) is 14.8 Å². The molecule has 13 heavy (non-hydrogen) atoms. The van der Waals surface area contributed by atoms with Crippen LogP contribution < -0.4 is 11.1 Å². The predicted molar refractivity (Wildman–Crippen MR) is 45.0 cm³/mol. The minimum absolute atomic E-state index is 0.107. The average Bonchev–Trinajstić information content (AvgIpc) is 2.03. The number of carbonyl (C=O) groups is 2. The summed E-state index contributed by atoms with van der Waals surface area (Å²) >= 11 is 0. The molecular weight excluding hydrogens is 176 g/mol. The van der Waals surface area contributed by atoms with Crippen molar-refractivity contribution in [2.45, 2.75) is 6.92 Å². The van der Waals surface area contributed by atoms with Crippen molar-refractivity contribution in [2.75, 3.05) is 26.3 Å². The zero-order valence-corrected chi connectivity index (χ0v) is 7.54. The number of primary amides is 1. The molecule has 0 atom stereocenters. The zero-order chi connectivity index (χ0) is 10.1. The van der Waals surface area contributed by atoms with Crippen LogP contribution in [-0.2, 0) is 14.3 Å². The molecule has 1 amide bonds. The Morgan fingerprint density at radius 1 is 1.38 bits per heavy atom. The van der Waals surface area contributed by atoms with Crippen molar-refractivity contribution in [1.29, 1.82) is 0 Å². The van der Waals surface area contributed by atoms with E-state index in [9.17, 15) is 9.59 Å². The molecule has 76 valence electrons. The molecule has 0 aromatic rings. The molecule has 0 heterocycles. The number of hydrogen-bond acceptors (Lipinski definition) is 5. The highest BCUT2D eigenvalue weighted by Gasteiger charge is 1.99. The van der Waals surface area contributed by atoms with Crippen molar-refractivity contribution in [1.82, 2.24) is 5.32 Å². The SMILES string of the molecule is CCOC(=O)CNCCOC(N)=O. The van der Waals surface area contributed by atoms with E-state index in [0.717, 1.165) is 0 Å². The van der Waals surface area contributed by atoms with Gasteiger partial charge in [0.2, 0.25) is 0 Å². The Morgan fingerprint density at radius 2 is 2.08 bits per heavy atom. The summed E-state index contributed by atoms with van der Waals surface area (Å²) in [6.07, 6.45) is -0.821. The minimum atomic E-state index is -0.821. The van der Waals surface area contributed by atoms with Gasteiger partial charge in [-0.3, -0.25) is 4.79 Å². The Bertz CT molecular complexity index is 172. The van der Waals surface area contributed by atoms with E-state index in [0.29, 0.717) is 13.2 Å². The summed E-state index contributed by atoms with van der Waals surface area (Å²) < 4.78 is 9.04. The van der Waals surface area contributed by atoms with Crippen LogP contribution in [0.2, 0.25) is 0 Å². The third-order valence-electron chi connectivity index (χ3n) is 1.10. The van der Waals surface area contributed by atoms with Crippen molar-refractivity contribution in [3.8, 4) is 0 Å². The average molecular weight is 190 g/mol. The van der Waals surface area contributed by atoms with E-state index in [1.165, 1.54) is 0 Å². The van der Waals surface area contributed by atoms with Gasteiger partial charge in [0.25, 0.3) is 0 Å². The van der Waals surface area contributed by atoms with Gasteiger partial charge in [0.15, 0.2) is 0 Å². The number of carbonyl (C=O) groups excluding carboxylic acids is 2. The molecule has 0 bridgehead atoms. The van der Waals surface area contributed by atoms with Gasteiger partial charge in [0, 0.05) is 6.54 Å². The second-order valence-electron chi connectivity index (χ2n) is 2.15. The van der Waals surface area contributed by atoms with E-state index in [1.807, 2.05) is 0 Å². The van der Waals surface area contributed by atoms with Gasteiger partial charge in [0.05, 0.1) is 13.2 Å². The first kappa shape index (κ1) is 11.7. The van der Waals surface area contributed by atoms with Crippen LogP contribution in [0.5, 0.6) is 0 Å². The van der Waals surface area contributed by atoms with Gasteiger partial charge in [-0.15, -0.1) is 0 Å². The van der Waals surface area contributed by atoms with Crippen LogP contribution in [0.25, 0.3) is 0 Å². The highest BCUT2D eigenvalue weighted by atomic mass is 16.5. The lowest BCUT2D eigenvalue weighted by atomic mass is 10.6. The molecule has 0 spiro atoms. The maximum atomic E-state index is 10.7. The number of hydrogen-bond donors (Lipinski definition) is 2. The van der Waals surface area contributed by atoms with E-state index in [-0.39, 0.29) is 19.1 Å². The molecule has 0 aliphatic rings. The van der Waals surface area contributed by atoms with Gasteiger partial charge in [0.1, 0.15) is 6.61 Å². The topological polar surface area (TPSA) is 90.7 Å². The van der Waals surface area contributed by atoms with Crippen LogP contribution in [0.4, 0.5) is 4.79 Å². The predicted octanol–water partition coefficient (Wildman–Crippen LogP) is -0.766. The second-order valence-corrected chi connectivity index (χ2v) is 2.15. The quantitative estimate of drug-likeness (QED) is 0.424. The van der Waals surface area contributed by atoms with Crippen molar-refractivity contribution in [3.63, 3.8) is 0 Å². The lowest BCUT2D eigenvalue weighted by molar-refractivity contribution is -0.142. The number of nitrogens with one attached hydrogen (secondary N) is 1. The number of rotatable bonds is 6. The van der Waals surface area contributed by atoms with Crippen LogP contribution in [0.15, 0.2) is 0 Å². The van der Waals surface area contributed by atoms with Crippen LogP contribution in [0, 0.1) is 0 Å². The number of ether oxygens (including phenoxy) is 2. The van der Waals surface area contributed by atoms with Gasteiger partial charge >= 0.3 is 12.1 Å². The fraction of sp³-hybridized carbons (Fsp3) is 0.714. The van der Waals surface area contributed by atoms with Crippen molar-refractivity contribution in [2.24, 2.45) is 5.73 Å². The Kier molecular flexibility index (Phi) is 6.62. The van der Waals surface area contributed by atoms with E-state index in [4.69, 9.17) is 5.73 Å². The van der Waals surface area contributed by atoms with Gasteiger partial charge in [-0.05, 0) is 6.92 Å². The third kappa shape index (κ3) is 8.61. The van der Waals surface area contributed by atoms with Crippen molar-refractivity contribution in [3.05, 3.63) is 0 Å². The molecule has 0 unspecified atom stereocenters. The van der Waals surface area contributed by atoms with Gasteiger partial charge < -0.3 is 20.5 Å². The molecule has 0 rings (SSSR count). The summed E-state index contributed by atoms with van der Waals surface area (Å²) in [5.41, 5.74) is 4.70. The summed E-state index contributed by atoms with van der Waals surface area (Å²) in [6.45, 7) is 2.72. The molecule has 0 aliphatic carbocycles. The molecule has 0 aromatic carbocycles. The van der Waals surface area contributed by atoms with Crippen LogP contribution >= 0.6 is 0 Å². The monoisotopic (exact) mass is 190 g/mol. The highest BCUT2D eigenvalue weighted by Crippen LogP contribution is 1.75. The summed E-state index contributed by atoms with van der Waals surface area (Å²) in [6, 6.07) is 0. The molecule has 0 aliphatic heterocycles. The van der Waals surface area contributed by atoms with Crippen LogP contribution in [-0.4, -0.2) is 38.4 Å². The Hall–Kier alpha value is -1.30.